The summed E-state index contributed by atoms with van der Waals surface area (Å²) in [5, 5.41) is 7.24. The van der Waals surface area contributed by atoms with Gasteiger partial charge < -0.3 is 10.6 Å². The van der Waals surface area contributed by atoms with Crippen LogP contribution in [0.2, 0.25) is 5.02 Å². The fourth-order valence-corrected chi connectivity index (χ4v) is 5.16. The van der Waals surface area contributed by atoms with Crippen molar-refractivity contribution in [2.75, 3.05) is 25.9 Å². The molecule has 9 heteroatoms. The molecule has 0 spiro atoms. The third kappa shape index (κ3) is 3.51. The van der Waals surface area contributed by atoms with E-state index in [1.54, 1.807) is 22.6 Å². The maximum absolute atomic E-state index is 6.55. The van der Waals surface area contributed by atoms with Gasteiger partial charge in [0.15, 0.2) is 5.82 Å². The molecule has 7 nitrogen and oxygen atoms in total. The molecule has 152 valence electrons. The summed E-state index contributed by atoms with van der Waals surface area (Å²) in [5.41, 5.74) is 10.0. The Balaban J connectivity index is 1.68. The minimum Gasteiger partial charge on any atom is -0.381 e. The number of rotatable bonds is 4. The lowest BCUT2D eigenvalue weighted by Gasteiger charge is -2.35. The molecule has 30 heavy (non-hydrogen) atoms. The smallest absolute Gasteiger partial charge is 0.156 e. The third-order valence-corrected chi connectivity index (χ3v) is 6.53. The van der Waals surface area contributed by atoms with Crippen LogP contribution in [0.15, 0.2) is 47.8 Å². The van der Waals surface area contributed by atoms with Crippen LogP contribution in [0.3, 0.4) is 0 Å². The quantitative estimate of drug-likeness (QED) is 0.520. The number of likely N-dealkylation sites (tertiary alicyclic amines) is 1. The van der Waals surface area contributed by atoms with E-state index < -0.39 is 0 Å². The van der Waals surface area contributed by atoms with Gasteiger partial charge in [0.25, 0.3) is 0 Å². The van der Waals surface area contributed by atoms with Crippen molar-refractivity contribution in [1.29, 1.82) is 0 Å². The highest BCUT2D eigenvalue weighted by Gasteiger charge is 2.27. The van der Waals surface area contributed by atoms with Crippen molar-refractivity contribution in [2.45, 2.75) is 10.3 Å². The zero-order valence-corrected chi connectivity index (χ0v) is 18.2. The average molecular weight is 438 g/mol. The van der Waals surface area contributed by atoms with E-state index >= 15 is 0 Å². The zero-order valence-electron chi connectivity index (χ0n) is 16.6. The minimum atomic E-state index is 0.424. The fraction of sp³-hybridized carbons (Fsp3) is 0.238. The number of hydrogen-bond acceptors (Lipinski definition) is 7. The Kier molecular flexibility index (Phi) is 4.85. The molecule has 1 aliphatic rings. The molecular formula is C21H20ClN7S. The molecule has 1 aliphatic heterocycles. The van der Waals surface area contributed by atoms with Crippen molar-refractivity contribution in [1.82, 2.24) is 29.6 Å². The second kappa shape index (κ2) is 7.54. The molecule has 4 heterocycles. The Morgan fingerprint density at radius 3 is 2.70 bits per heavy atom. The van der Waals surface area contributed by atoms with Gasteiger partial charge in [-0.3, -0.25) is 9.67 Å². The van der Waals surface area contributed by atoms with Crippen LogP contribution in [0.5, 0.6) is 0 Å². The first-order valence-corrected chi connectivity index (χ1v) is 10.8. The first kappa shape index (κ1) is 19.3. The number of benzene rings is 1. The number of nitrogens with zero attached hydrogens (tertiary/aromatic N) is 6. The van der Waals surface area contributed by atoms with E-state index in [0.29, 0.717) is 33.2 Å². The van der Waals surface area contributed by atoms with Gasteiger partial charge in [-0.2, -0.15) is 5.10 Å². The molecule has 4 aromatic rings. The Morgan fingerprint density at radius 1 is 1.13 bits per heavy atom. The number of aryl methyl sites for hydroxylation is 1. The van der Waals surface area contributed by atoms with Gasteiger partial charge in [-0.25, -0.2) is 9.97 Å². The van der Waals surface area contributed by atoms with Gasteiger partial charge in [0.1, 0.15) is 16.4 Å². The molecule has 0 unspecified atom stereocenters. The van der Waals surface area contributed by atoms with Gasteiger partial charge >= 0.3 is 0 Å². The van der Waals surface area contributed by atoms with Crippen molar-refractivity contribution >= 4 is 40.1 Å². The molecular weight excluding hydrogens is 418 g/mol. The molecule has 1 aromatic carbocycles. The lowest BCUT2D eigenvalue weighted by atomic mass is 10.0. The zero-order chi connectivity index (χ0) is 20.8. The normalized spacial score (nSPS) is 14.9. The highest BCUT2D eigenvalue weighted by atomic mass is 35.5. The first-order chi connectivity index (χ1) is 14.5. The predicted octanol–water partition coefficient (Wildman–Crippen LogP) is 3.73. The number of hydrogen-bond donors (Lipinski definition) is 1. The molecule has 2 N–H and O–H groups in total. The summed E-state index contributed by atoms with van der Waals surface area (Å²) in [6, 6.07) is 9.71. The van der Waals surface area contributed by atoms with Crippen LogP contribution < -0.4 is 5.73 Å². The van der Waals surface area contributed by atoms with E-state index in [1.807, 2.05) is 43.6 Å². The highest BCUT2D eigenvalue weighted by Crippen LogP contribution is 2.38. The third-order valence-electron chi connectivity index (χ3n) is 5.09. The van der Waals surface area contributed by atoms with E-state index in [9.17, 15) is 0 Å². The van der Waals surface area contributed by atoms with Gasteiger partial charge in [-0.15, -0.1) is 0 Å². The molecule has 5 rings (SSSR count). The second-order valence-corrected chi connectivity index (χ2v) is 9.18. The SMILES string of the molecule is CN1CC(Sc2nc(-c3cc(Cl)c4ncccc4c3)c(-c3ccn(C)n3)nc2N)C1. The molecule has 0 atom stereocenters. The summed E-state index contributed by atoms with van der Waals surface area (Å²) in [4.78, 5) is 16.3. The maximum Gasteiger partial charge on any atom is 0.156 e. The van der Waals surface area contributed by atoms with Crippen LogP contribution >= 0.6 is 23.4 Å². The van der Waals surface area contributed by atoms with E-state index in [2.05, 4.69) is 22.0 Å². The monoisotopic (exact) mass is 437 g/mol. The average Bonchev–Trinajstić information content (AvgIpc) is 3.14. The van der Waals surface area contributed by atoms with Crippen molar-refractivity contribution in [3.05, 3.63) is 47.7 Å². The summed E-state index contributed by atoms with van der Waals surface area (Å²) in [7, 11) is 3.97. The number of thioether (sulfide) groups is 1. The summed E-state index contributed by atoms with van der Waals surface area (Å²) in [6.07, 6.45) is 3.61. The molecule has 0 saturated carbocycles. The topological polar surface area (TPSA) is 85.8 Å². The molecule has 0 bridgehead atoms. The highest BCUT2D eigenvalue weighted by molar-refractivity contribution is 8.00. The summed E-state index contributed by atoms with van der Waals surface area (Å²) in [6.45, 7) is 2.02. The molecule has 1 saturated heterocycles. The predicted molar refractivity (Wildman–Crippen MR) is 122 cm³/mol. The molecule has 0 amide bonds. The fourth-order valence-electron chi connectivity index (χ4n) is 3.60. The van der Waals surface area contributed by atoms with Gasteiger partial charge in [-0.05, 0) is 31.3 Å². The van der Waals surface area contributed by atoms with Gasteiger partial charge in [-0.1, -0.05) is 29.4 Å². The number of aromatic nitrogens is 5. The van der Waals surface area contributed by atoms with Crippen LogP contribution in [0.25, 0.3) is 33.5 Å². The van der Waals surface area contributed by atoms with Gasteiger partial charge in [0, 0.05) is 48.7 Å². The number of nitrogen functional groups attached to an aromatic ring is 1. The lowest BCUT2D eigenvalue weighted by molar-refractivity contribution is 0.239. The molecule has 0 aliphatic carbocycles. The van der Waals surface area contributed by atoms with Crippen LogP contribution in [0.1, 0.15) is 0 Å². The number of anilines is 1. The second-order valence-electron chi connectivity index (χ2n) is 7.48. The Hall–Kier alpha value is -2.68. The summed E-state index contributed by atoms with van der Waals surface area (Å²) >= 11 is 8.23. The van der Waals surface area contributed by atoms with E-state index in [-0.39, 0.29) is 0 Å². The van der Waals surface area contributed by atoms with Crippen molar-refractivity contribution in [2.24, 2.45) is 7.05 Å². The van der Waals surface area contributed by atoms with Crippen LogP contribution in [-0.4, -0.2) is 55.0 Å². The van der Waals surface area contributed by atoms with Crippen molar-refractivity contribution < 1.29 is 0 Å². The van der Waals surface area contributed by atoms with Gasteiger partial charge in [0.05, 0.1) is 16.2 Å². The largest absolute Gasteiger partial charge is 0.381 e. The summed E-state index contributed by atoms with van der Waals surface area (Å²) < 4.78 is 1.74. The van der Waals surface area contributed by atoms with E-state index in [1.165, 1.54) is 0 Å². The number of fused-ring (bicyclic) bond motifs is 1. The molecule has 0 radical (unpaired) electrons. The number of pyridine rings is 1. The molecule has 1 fully saturated rings. The standard InChI is InChI=1S/C21H20ClN7S/c1-28-10-14(11-28)30-21-20(23)25-19(16-5-7-29(2)27-16)18(26-21)13-8-12-4-3-6-24-17(12)15(22)9-13/h3-9,14H,10-11H2,1-2H3,(H2,23,25). The van der Waals surface area contributed by atoms with E-state index in [4.69, 9.17) is 27.3 Å². The van der Waals surface area contributed by atoms with Crippen LogP contribution in [0.4, 0.5) is 5.82 Å². The summed E-state index contributed by atoms with van der Waals surface area (Å²) in [5.74, 6) is 0.424. The Morgan fingerprint density at radius 2 is 1.97 bits per heavy atom. The number of nitrogens with two attached hydrogens (primary N) is 1. The minimum absolute atomic E-state index is 0.424. The number of halogens is 1. The molecule has 3 aromatic heterocycles. The van der Waals surface area contributed by atoms with Crippen molar-refractivity contribution in [3.8, 4) is 22.6 Å². The van der Waals surface area contributed by atoms with E-state index in [0.717, 1.165) is 34.6 Å². The van der Waals surface area contributed by atoms with Crippen LogP contribution in [-0.2, 0) is 7.05 Å². The van der Waals surface area contributed by atoms with Crippen LogP contribution in [0, 0.1) is 0 Å². The van der Waals surface area contributed by atoms with Crippen molar-refractivity contribution in [3.63, 3.8) is 0 Å². The van der Waals surface area contributed by atoms with Gasteiger partial charge in [0.2, 0.25) is 0 Å². The lowest BCUT2D eigenvalue weighted by Crippen LogP contribution is -2.46. The first-order valence-electron chi connectivity index (χ1n) is 9.55. The Bertz CT molecular complexity index is 1250. The Labute approximate surface area is 183 Å². The maximum atomic E-state index is 6.55.